The largest absolute Gasteiger partial charge is 0.480 e. The van der Waals surface area contributed by atoms with Gasteiger partial charge >= 0.3 is 5.97 Å². The Kier molecular flexibility index (Phi) is 9.64. The summed E-state index contributed by atoms with van der Waals surface area (Å²) in [5.41, 5.74) is 11.0. The molecule has 192 valence electrons. The van der Waals surface area contributed by atoms with Crippen LogP contribution in [0.5, 0.6) is 0 Å². The van der Waals surface area contributed by atoms with Crippen LogP contribution in [0, 0.1) is 5.92 Å². The number of carbonyl (C=O) groups excluding carboxylic acids is 2. The summed E-state index contributed by atoms with van der Waals surface area (Å²) >= 11 is 12.5. The van der Waals surface area contributed by atoms with E-state index in [2.05, 4.69) is 25.8 Å². The van der Waals surface area contributed by atoms with Crippen molar-refractivity contribution in [2.45, 2.75) is 79.9 Å². The van der Waals surface area contributed by atoms with Crippen LogP contribution >= 0.6 is 23.2 Å². The number of halogens is 2. The van der Waals surface area contributed by atoms with Crippen LogP contribution in [-0.2, 0) is 14.4 Å². The van der Waals surface area contributed by atoms with E-state index in [0.29, 0.717) is 32.1 Å². The number of alkyl halides is 2. The van der Waals surface area contributed by atoms with E-state index >= 15 is 0 Å². The molecule has 34 heavy (non-hydrogen) atoms. The molecular weight excluding hydrogens is 485 g/mol. The van der Waals surface area contributed by atoms with E-state index in [9.17, 15) is 19.5 Å². The third-order valence-corrected chi connectivity index (χ3v) is 7.91. The van der Waals surface area contributed by atoms with Crippen molar-refractivity contribution in [2.75, 3.05) is 19.8 Å². The van der Waals surface area contributed by atoms with Gasteiger partial charge in [-0.2, -0.15) is 0 Å². The highest BCUT2D eigenvalue weighted by Gasteiger charge is 2.39. The highest BCUT2D eigenvalue weighted by atomic mass is 35.5. The molecule has 6 atom stereocenters. The average Bonchev–Trinajstić information content (AvgIpc) is 3.16. The van der Waals surface area contributed by atoms with Crippen LogP contribution in [0.3, 0.4) is 0 Å². The molecule has 11 nitrogen and oxygen atoms in total. The summed E-state index contributed by atoms with van der Waals surface area (Å²) in [6, 6.07) is -0.603. The van der Waals surface area contributed by atoms with Gasteiger partial charge in [-0.1, -0.05) is 6.42 Å². The molecule has 2 amide bonds. The monoisotopic (exact) mass is 519 g/mol. The van der Waals surface area contributed by atoms with E-state index in [4.69, 9.17) is 34.7 Å². The van der Waals surface area contributed by atoms with Crippen molar-refractivity contribution >= 4 is 46.9 Å². The molecular formula is C21H35Cl2N7O4. The second kappa shape index (κ2) is 12.2. The first-order valence-corrected chi connectivity index (χ1v) is 12.7. The lowest BCUT2D eigenvalue weighted by Gasteiger charge is -2.33. The SMILES string of the molecule is NC(N)=NC1CCC2NCN(CCC(=O)NC[C@H](NC(=O)C3C(Cl)CCCC3Cl)C(=O)O)C2C1. The molecule has 5 unspecified atom stereocenters. The van der Waals surface area contributed by atoms with Gasteiger partial charge in [0.25, 0.3) is 0 Å². The normalized spacial score (nSPS) is 32.3. The van der Waals surface area contributed by atoms with E-state index in [1.807, 2.05) is 0 Å². The minimum atomic E-state index is -1.26. The summed E-state index contributed by atoms with van der Waals surface area (Å²) in [5, 5.41) is 17.2. The molecule has 0 radical (unpaired) electrons. The van der Waals surface area contributed by atoms with Gasteiger partial charge in [0.2, 0.25) is 11.8 Å². The lowest BCUT2D eigenvalue weighted by Crippen LogP contribution is -2.53. The average molecular weight is 520 g/mol. The Morgan fingerprint density at radius 1 is 1.15 bits per heavy atom. The van der Waals surface area contributed by atoms with Gasteiger partial charge < -0.3 is 27.2 Å². The maximum Gasteiger partial charge on any atom is 0.328 e. The lowest BCUT2D eigenvalue weighted by atomic mass is 9.87. The number of nitrogens with zero attached hydrogens (tertiary/aromatic N) is 2. The number of amides is 2. The Morgan fingerprint density at radius 2 is 1.85 bits per heavy atom. The summed E-state index contributed by atoms with van der Waals surface area (Å²) < 4.78 is 0. The molecule has 0 spiro atoms. The third kappa shape index (κ3) is 7.10. The molecule has 0 aromatic rings. The van der Waals surface area contributed by atoms with Crippen LogP contribution in [0.1, 0.15) is 44.9 Å². The third-order valence-electron chi connectivity index (χ3n) is 6.93. The Hall–Kier alpha value is -1.82. The van der Waals surface area contributed by atoms with Crippen LogP contribution in [-0.4, -0.2) is 88.4 Å². The molecule has 3 fully saturated rings. The molecule has 2 saturated carbocycles. The molecule has 1 aliphatic heterocycles. The second-order valence-electron chi connectivity index (χ2n) is 9.31. The molecule has 13 heteroatoms. The van der Waals surface area contributed by atoms with E-state index in [1.54, 1.807) is 0 Å². The van der Waals surface area contributed by atoms with Crippen molar-refractivity contribution < 1.29 is 19.5 Å². The van der Waals surface area contributed by atoms with Gasteiger partial charge in [0.1, 0.15) is 6.04 Å². The van der Waals surface area contributed by atoms with E-state index < -0.39 is 34.6 Å². The van der Waals surface area contributed by atoms with Gasteiger partial charge in [0, 0.05) is 49.0 Å². The zero-order valence-corrected chi connectivity index (χ0v) is 20.6. The van der Waals surface area contributed by atoms with Crippen LogP contribution in [0.2, 0.25) is 0 Å². The van der Waals surface area contributed by atoms with Gasteiger partial charge in [-0.15, -0.1) is 23.2 Å². The number of aliphatic imine (C=N–C) groups is 1. The van der Waals surface area contributed by atoms with Gasteiger partial charge in [-0.05, 0) is 32.1 Å². The number of hydrogen-bond acceptors (Lipinski definition) is 6. The van der Waals surface area contributed by atoms with Gasteiger partial charge in [-0.3, -0.25) is 24.8 Å². The van der Waals surface area contributed by atoms with Crippen LogP contribution in [0.25, 0.3) is 0 Å². The molecule has 3 rings (SSSR count). The van der Waals surface area contributed by atoms with Crippen LogP contribution < -0.4 is 27.4 Å². The number of carboxylic acids is 1. The predicted octanol–water partition coefficient (Wildman–Crippen LogP) is -0.497. The van der Waals surface area contributed by atoms with Crippen LogP contribution in [0.15, 0.2) is 4.99 Å². The van der Waals surface area contributed by atoms with Crippen molar-refractivity contribution in [3.63, 3.8) is 0 Å². The summed E-state index contributed by atoms with van der Waals surface area (Å²) in [6.07, 6.45) is 5.02. The number of hydrogen-bond donors (Lipinski definition) is 6. The van der Waals surface area contributed by atoms with E-state index in [-0.39, 0.29) is 36.9 Å². The number of fused-ring (bicyclic) bond motifs is 1. The first kappa shape index (κ1) is 26.8. The molecule has 8 N–H and O–H groups in total. The summed E-state index contributed by atoms with van der Waals surface area (Å²) in [6.45, 7) is 0.970. The van der Waals surface area contributed by atoms with Gasteiger partial charge in [0.05, 0.1) is 12.0 Å². The molecule has 0 bridgehead atoms. The van der Waals surface area contributed by atoms with E-state index in [0.717, 1.165) is 25.7 Å². The number of guanidine groups is 1. The Bertz CT molecular complexity index is 772. The lowest BCUT2D eigenvalue weighted by molar-refractivity contribution is -0.142. The van der Waals surface area contributed by atoms with Crippen molar-refractivity contribution in [1.82, 2.24) is 20.9 Å². The molecule has 3 aliphatic rings. The minimum Gasteiger partial charge on any atom is -0.480 e. The fourth-order valence-corrected chi connectivity index (χ4v) is 6.09. The number of carboxylic acid groups (broad SMARTS) is 1. The first-order valence-electron chi connectivity index (χ1n) is 11.8. The Morgan fingerprint density at radius 3 is 2.50 bits per heavy atom. The molecule has 2 aliphatic carbocycles. The summed E-state index contributed by atoms with van der Waals surface area (Å²) in [7, 11) is 0. The zero-order valence-electron chi connectivity index (χ0n) is 19.1. The predicted molar refractivity (Wildman–Crippen MR) is 130 cm³/mol. The second-order valence-corrected chi connectivity index (χ2v) is 10.4. The minimum absolute atomic E-state index is 0.0757. The van der Waals surface area contributed by atoms with Gasteiger partial charge in [-0.25, -0.2) is 4.79 Å². The number of nitrogens with two attached hydrogens (primary N) is 2. The number of aliphatic carboxylic acids is 1. The molecule has 0 aromatic carbocycles. The Balaban J connectivity index is 1.45. The molecule has 0 aromatic heterocycles. The number of carbonyl (C=O) groups is 3. The van der Waals surface area contributed by atoms with Crippen molar-refractivity contribution in [3.8, 4) is 0 Å². The standard InChI is InChI=1S/C21H35Cl2N7O4/c22-12-2-1-3-13(23)18(12)19(32)29-15(20(33)34)9-26-17(31)6-7-30-10-27-14-5-4-11(8-16(14)30)28-21(24)25/h11-16,18,27H,1-10H2,(H,26,31)(H,29,32)(H,33,34)(H4,24,25,28)/t11?,12?,13?,14?,15-,16?,18?/m0/s1. The number of rotatable bonds is 9. The van der Waals surface area contributed by atoms with Gasteiger partial charge in [0.15, 0.2) is 5.96 Å². The smallest absolute Gasteiger partial charge is 0.328 e. The van der Waals surface area contributed by atoms with E-state index in [1.165, 1.54) is 0 Å². The molecule has 1 heterocycles. The maximum absolute atomic E-state index is 12.6. The first-order chi connectivity index (χ1) is 16.2. The summed E-state index contributed by atoms with van der Waals surface area (Å²) in [4.78, 5) is 43.2. The topological polar surface area (TPSA) is 175 Å². The number of nitrogens with one attached hydrogen (secondary N) is 3. The van der Waals surface area contributed by atoms with Crippen molar-refractivity contribution in [2.24, 2.45) is 22.4 Å². The van der Waals surface area contributed by atoms with Crippen molar-refractivity contribution in [1.29, 1.82) is 0 Å². The molecule has 1 saturated heterocycles. The fourth-order valence-electron chi connectivity index (χ4n) is 5.13. The summed E-state index contributed by atoms with van der Waals surface area (Å²) in [5.74, 6) is -2.59. The maximum atomic E-state index is 12.6. The Labute approximate surface area is 209 Å². The van der Waals surface area contributed by atoms with Crippen LogP contribution in [0.4, 0.5) is 0 Å². The fraction of sp³-hybridized carbons (Fsp3) is 0.810. The highest BCUT2D eigenvalue weighted by molar-refractivity contribution is 6.26. The zero-order chi connectivity index (χ0) is 24.8. The van der Waals surface area contributed by atoms with Crippen molar-refractivity contribution in [3.05, 3.63) is 0 Å². The highest BCUT2D eigenvalue weighted by Crippen LogP contribution is 2.33. The quantitative estimate of drug-likeness (QED) is 0.134.